The predicted molar refractivity (Wildman–Crippen MR) is 76.9 cm³/mol. The molecule has 3 atom stereocenters. The summed E-state index contributed by atoms with van der Waals surface area (Å²) < 4.78 is 0. The molecule has 6 N–H and O–H groups in total. The van der Waals surface area contributed by atoms with Crippen LogP contribution in [0.25, 0.3) is 0 Å². The van der Waals surface area contributed by atoms with Gasteiger partial charge in [0.2, 0.25) is 11.8 Å². The molecule has 0 saturated carbocycles. The van der Waals surface area contributed by atoms with Gasteiger partial charge in [0.05, 0.1) is 12.5 Å². The van der Waals surface area contributed by atoms with Crippen LogP contribution in [-0.2, 0) is 19.2 Å². The van der Waals surface area contributed by atoms with Crippen LogP contribution in [-0.4, -0.2) is 52.1 Å². The molecule has 0 radical (unpaired) electrons. The number of aliphatic carboxylic acids is 2. The van der Waals surface area contributed by atoms with E-state index < -0.39 is 48.3 Å². The Morgan fingerprint density at radius 1 is 1.00 bits per heavy atom. The molecule has 0 unspecified atom stereocenters. The smallest absolute Gasteiger partial charge is 0.325 e. The first kappa shape index (κ1) is 19.8. The number of nitrogens with one attached hydrogen (secondary N) is 2. The van der Waals surface area contributed by atoms with Gasteiger partial charge in [-0.05, 0) is 19.3 Å². The Morgan fingerprint density at radius 3 is 1.95 bits per heavy atom. The van der Waals surface area contributed by atoms with E-state index in [0.717, 1.165) is 0 Å². The maximum Gasteiger partial charge on any atom is 0.325 e. The second-order valence-corrected chi connectivity index (χ2v) is 5.46. The van der Waals surface area contributed by atoms with Crippen LogP contribution in [0.5, 0.6) is 0 Å². The Morgan fingerprint density at radius 2 is 1.55 bits per heavy atom. The average Bonchev–Trinajstić information content (AvgIpc) is 2.35. The maximum absolute atomic E-state index is 12.0. The molecule has 9 nitrogen and oxygen atoms in total. The Kier molecular flexibility index (Phi) is 8.10. The number of rotatable bonds is 9. The Bertz CT molecular complexity index is 437. The Labute approximate surface area is 128 Å². The fourth-order valence-corrected chi connectivity index (χ4v) is 1.64. The molecule has 9 heteroatoms. The van der Waals surface area contributed by atoms with Crippen LogP contribution >= 0.6 is 0 Å². The van der Waals surface area contributed by atoms with Crippen molar-refractivity contribution in [1.29, 1.82) is 0 Å². The number of carboxylic acid groups (broad SMARTS) is 2. The minimum absolute atomic E-state index is 0.0480. The zero-order valence-electron chi connectivity index (χ0n) is 12.8. The van der Waals surface area contributed by atoms with E-state index in [0.29, 0.717) is 0 Å². The second kappa shape index (κ2) is 8.98. The van der Waals surface area contributed by atoms with Gasteiger partial charge in [-0.15, -0.1) is 0 Å². The van der Waals surface area contributed by atoms with Gasteiger partial charge in [-0.2, -0.15) is 0 Å². The molecule has 126 valence electrons. The first-order chi connectivity index (χ1) is 10.0. The summed E-state index contributed by atoms with van der Waals surface area (Å²) in [4.78, 5) is 45.1. The van der Waals surface area contributed by atoms with Crippen molar-refractivity contribution in [3.8, 4) is 0 Å². The van der Waals surface area contributed by atoms with E-state index in [2.05, 4.69) is 10.6 Å². The molecular formula is C13H23N3O6. The summed E-state index contributed by atoms with van der Waals surface area (Å²) in [6, 6.07) is -3.36. The van der Waals surface area contributed by atoms with Crippen molar-refractivity contribution in [2.45, 2.75) is 51.7 Å². The van der Waals surface area contributed by atoms with Crippen molar-refractivity contribution in [3.63, 3.8) is 0 Å². The molecule has 0 fully saturated rings. The van der Waals surface area contributed by atoms with Crippen LogP contribution in [0.1, 0.15) is 33.6 Å². The molecule has 0 heterocycles. The molecule has 0 aliphatic heterocycles. The summed E-state index contributed by atoms with van der Waals surface area (Å²) in [5.41, 5.74) is 5.43. The SMILES string of the molecule is CC(C)C[C@H](NC(=O)[C@@H](N)CC(=O)O)C(=O)N[C@@H](C)C(=O)O. The van der Waals surface area contributed by atoms with Gasteiger partial charge in [-0.3, -0.25) is 19.2 Å². The molecule has 0 saturated heterocycles. The number of nitrogens with two attached hydrogens (primary N) is 1. The van der Waals surface area contributed by atoms with E-state index in [1.807, 2.05) is 13.8 Å². The third-order valence-electron chi connectivity index (χ3n) is 2.80. The molecular weight excluding hydrogens is 294 g/mol. The van der Waals surface area contributed by atoms with Gasteiger partial charge in [0, 0.05) is 0 Å². The summed E-state index contributed by atoms with van der Waals surface area (Å²) in [6.45, 7) is 4.94. The number of hydrogen-bond acceptors (Lipinski definition) is 5. The van der Waals surface area contributed by atoms with Gasteiger partial charge in [0.1, 0.15) is 12.1 Å². The van der Waals surface area contributed by atoms with Crippen molar-refractivity contribution in [3.05, 3.63) is 0 Å². The van der Waals surface area contributed by atoms with E-state index in [1.54, 1.807) is 0 Å². The number of hydrogen-bond donors (Lipinski definition) is 5. The lowest BCUT2D eigenvalue weighted by Gasteiger charge is -2.22. The van der Waals surface area contributed by atoms with Crippen LogP contribution in [0.3, 0.4) is 0 Å². The lowest BCUT2D eigenvalue weighted by Crippen LogP contribution is -2.54. The van der Waals surface area contributed by atoms with Gasteiger partial charge < -0.3 is 26.6 Å². The molecule has 0 aromatic carbocycles. The van der Waals surface area contributed by atoms with Crippen LogP contribution in [0, 0.1) is 5.92 Å². The summed E-state index contributed by atoms with van der Waals surface area (Å²) in [7, 11) is 0. The van der Waals surface area contributed by atoms with Gasteiger partial charge >= 0.3 is 11.9 Å². The molecule has 0 aromatic rings. The quantitative estimate of drug-likeness (QED) is 0.361. The molecule has 0 spiro atoms. The van der Waals surface area contributed by atoms with Gasteiger partial charge in [0.15, 0.2) is 0 Å². The van der Waals surface area contributed by atoms with E-state index in [1.165, 1.54) is 6.92 Å². The molecule has 0 bridgehead atoms. The first-order valence-corrected chi connectivity index (χ1v) is 6.85. The lowest BCUT2D eigenvalue weighted by molar-refractivity contribution is -0.142. The zero-order chi connectivity index (χ0) is 17.4. The fraction of sp³-hybridized carbons (Fsp3) is 0.692. The zero-order valence-corrected chi connectivity index (χ0v) is 12.8. The summed E-state index contributed by atoms with van der Waals surface area (Å²) in [6.07, 6.45) is -0.295. The number of carbonyl (C=O) groups excluding carboxylic acids is 2. The lowest BCUT2D eigenvalue weighted by atomic mass is 10.0. The van der Waals surface area contributed by atoms with E-state index in [-0.39, 0.29) is 12.3 Å². The van der Waals surface area contributed by atoms with Gasteiger partial charge in [-0.1, -0.05) is 13.8 Å². The highest BCUT2D eigenvalue weighted by Crippen LogP contribution is 2.06. The number of carbonyl (C=O) groups is 4. The van der Waals surface area contributed by atoms with E-state index in [4.69, 9.17) is 15.9 Å². The molecule has 22 heavy (non-hydrogen) atoms. The summed E-state index contributed by atoms with van der Waals surface area (Å²) >= 11 is 0. The molecule has 0 rings (SSSR count). The largest absolute Gasteiger partial charge is 0.481 e. The van der Waals surface area contributed by atoms with E-state index >= 15 is 0 Å². The first-order valence-electron chi connectivity index (χ1n) is 6.85. The van der Waals surface area contributed by atoms with Crippen molar-refractivity contribution in [1.82, 2.24) is 10.6 Å². The highest BCUT2D eigenvalue weighted by atomic mass is 16.4. The van der Waals surface area contributed by atoms with Crippen molar-refractivity contribution in [2.24, 2.45) is 11.7 Å². The minimum atomic E-state index is -1.28. The predicted octanol–water partition coefficient (Wildman–Crippen LogP) is -1.09. The fourth-order valence-electron chi connectivity index (χ4n) is 1.64. The van der Waals surface area contributed by atoms with Crippen molar-refractivity contribution >= 4 is 23.8 Å². The third kappa shape index (κ3) is 7.58. The van der Waals surface area contributed by atoms with Gasteiger partial charge in [0.25, 0.3) is 0 Å². The Balaban J connectivity index is 4.83. The van der Waals surface area contributed by atoms with E-state index in [9.17, 15) is 19.2 Å². The van der Waals surface area contributed by atoms with Crippen molar-refractivity contribution < 1.29 is 29.4 Å². The topological polar surface area (TPSA) is 159 Å². The molecule has 2 amide bonds. The average molecular weight is 317 g/mol. The second-order valence-electron chi connectivity index (χ2n) is 5.46. The van der Waals surface area contributed by atoms with Crippen LogP contribution in [0.15, 0.2) is 0 Å². The number of carboxylic acids is 2. The molecule has 0 aromatic heterocycles. The highest BCUT2D eigenvalue weighted by Gasteiger charge is 2.27. The van der Waals surface area contributed by atoms with Crippen LogP contribution < -0.4 is 16.4 Å². The standard InChI is InChI=1S/C13H23N3O6/c1-6(2)4-9(12(20)15-7(3)13(21)22)16-11(19)8(14)5-10(17)18/h6-9H,4-5,14H2,1-3H3,(H,15,20)(H,16,19)(H,17,18)(H,21,22)/t7-,8-,9-/m0/s1. The molecule has 0 aliphatic rings. The maximum atomic E-state index is 12.0. The van der Waals surface area contributed by atoms with Crippen LogP contribution in [0.4, 0.5) is 0 Å². The number of amides is 2. The monoisotopic (exact) mass is 317 g/mol. The minimum Gasteiger partial charge on any atom is -0.481 e. The van der Waals surface area contributed by atoms with Crippen LogP contribution in [0.2, 0.25) is 0 Å². The summed E-state index contributed by atoms with van der Waals surface area (Å²) in [5, 5.41) is 22.0. The normalized spacial score (nSPS) is 14.8. The highest BCUT2D eigenvalue weighted by molar-refractivity contribution is 5.92. The summed E-state index contributed by atoms with van der Waals surface area (Å²) in [5.74, 6) is -3.81. The van der Waals surface area contributed by atoms with Crippen molar-refractivity contribution in [2.75, 3.05) is 0 Å². The molecule has 0 aliphatic carbocycles. The van der Waals surface area contributed by atoms with Gasteiger partial charge in [-0.25, -0.2) is 0 Å². The third-order valence-corrected chi connectivity index (χ3v) is 2.80. The Hall–Kier alpha value is -2.16.